The van der Waals surface area contributed by atoms with E-state index >= 15 is 0 Å². The van der Waals surface area contributed by atoms with Crippen LogP contribution in [0.15, 0.2) is 59.0 Å². The minimum Gasteiger partial charge on any atom is -0.497 e. The van der Waals surface area contributed by atoms with Gasteiger partial charge >= 0.3 is 0 Å². The standard InChI is InChI=1S/C20H21N3OS/c1-4-15-5-7-17(8-6-15)19-13-25-20(21-19)23-22-14(2)16-9-11-18(24-3)12-10-16/h5-13H,4H2,1-3H3,(H,21,23)/b22-14-. The molecule has 3 rings (SSSR count). The predicted octanol–water partition coefficient (Wildman–Crippen LogP) is 5.22. The number of benzene rings is 2. The molecule has 0 radical (unpaired) electrons. The molecule has 0 bridgehead atoms. The smallest absolute Gasteiger partial charge is 0.203 e. The molecule has 0 fully saturated rings. The number of aromatic nitrogens is 1. The van der Waals surface area contributed by atoms with E-state index in [1.807, 2.05) is 36.6 Å². The Balaban J connectivity index is 1.69. The molecule has 1 N–H and O–H groups in total. The second-order valence-electron chi connectivity index (χ2n) is 5.63. The van der Waals surface area contributed by atoms with Crippen LogP contribution in [0, 0.1) is 0 Å². The van der Waals surface area contributed by atoms with Gasteiger partial charge in [0, 0.05) is 10.9 Å². The number of rotatable bonds is 6. The van der Waals surface area contributed by atoms with Crippen molar-refractivity contribution in [2.75, 3.05) is 12.5 Å². The number of hydrogen-bond donors (Lipinski definition) is 1. The van der Waals surface area contributed by atoms with Crippen LogP contribution in [0.1, 0.15) is 25.0 Å². The molecular weight excluding hydrogens is 330 g/mol. The summed E-state index contributed by atoms with van der Waals surface area (Å²) in [5.41, 5.74) is 8.40. The number of nitrogens with one attached hydrogen (secondary N) is 1. The number of thiazole rings is 1. The molecule has 2 aromatic carbocycles. The first kappa shape index (κ1) is 17.2. The van der Waals surface area contributed by atoms with Gasteiger partial charge in [0.05, 0.1) is 18.5 Å². The Bertz CT molecular complexity index is 851. The fourth-order valence-electron chi connectivity index (χ4n) is 2.40. The number of anilines is 1. The van der Waals surface area contributed by atoms with Gasteiger partial charge in [-0.3, -0.25) is 5.43 Å². The van der Waals surface area contributed by atoms with Crippen molar-refractivity contribution in [1.82, 2.24) is 4.98 Å². The molecule has 4 nitrogen and oxygen atoms in total. The Hall–Kier alpha value is -2.66. The van der Waals surface area contributed by atoms with Crippen LogP contribution < -0.4 is 10.2 Å². The van der Waals surface area contributed by atoms with E-state index in [1.165, 1.54) is 5.56 Å². The summed E-state index contributed by atoms with van der Waals surface area (Å²) in [6.45, 7) is 4.12. The Morgan fingerprint density at radius 2 is 1.84 bits per heavy atom. The van der Waals surface area contributed by atoms with Crippen molar-refractivity contribution < 1.29 is 4.74 Å². The van der Waals surface area contributed by atoms with Crippen molar-refractivity contribution in [2.45, 2.75) is 20.3 Å². The Morgan fingerprint density at radius 3 is 2.48 bits per heavy atom. The van der Waals surface area contributed by atoms with Gasteiger partial charge in [0.25, 0.3) is 0 Å². The van der Waals surface area contributed by atoms with Crippen LogP contribution in [-0.4, -0.2) is 17.8 Å². The zero-order chi connectivity index (χ0) is 17.6. The van der Waals surface area contributed by atoms with E-state index in [0.29, 0.717) is 0 Å². The normalized spacial score (nSPS) is 11.4. The fraction of sp³-hybridized carbons (Fsp3) is 0.200. The zero-order valence-electron chi connectivity index (χ0n) is 14.6. The van der Waals surface area contributed by atoms with E-state index in [1.54, 1.807) is 18.4 Å². The number of hydrogen-bond acceptors (Lipinski definition) is 5. The fourth-order valence-corrected chi connectivity index (χ4v) is 3.06. The molecule has 128 valence electrons. The highest BCUT2D eigenvalue weighted by atomic mass is 32.1. The maximum atomic E-state index is 5.17. The third-order valence-electron chi connectivity index (χ3n) is 3.99. The van der Waals surface area contributed by atoms with E-state index in [0.717, 1.165) is 39.8 Å². The summed E-state index contributed by atoms with van der Waals surface area (Å²) in [5.74, 6) is 0.836. The van der Waals surface area contributed by atoms with Gasteiger partial charge < -0.3 is 4.74 Å². The van der Waals surface area contributed by atoms with Crippen LogP contribution in [0.4, 0.5) is 5.13 Å². The molecule has 0 amide bonds. The van der Waals surface area contributed by atoms with Gasteiger partial charge in [0.15, 0.2) is 0 Å². The maximum Gasteiger partial charge on any atom is 0.203 e. The van der Waals surface area contributed by atoms with Gasteiger partial charge in [-0.25, -0.2) is 4.98 Å². The van der Waals surface area contributed by atoms with Crippen molar-refractivity contribution in [3.63, 3.8) is 0 Å². The van der Waals surface area contributed by atoms with Gasteiger partial charge in [-0.05, 0) is 48.7 Å². The minimum absolute atomic E-state index is 0.780. The molecule has 0 spiro atoms. The number of hydrazone groups is 1. The van der Waals surface area contributed by atoms with Crippen LogP contribution in [-0.2, 0) is 6.42 Å². The summed E-state index contributed by atoms with van der Waals surface area (Å²) in [6, 6.07) is 16.4. The molecule has 1 aromatic heterocycles. The van der Waals surface area contributed by atoms with Crippen molar-refractivity contribution in [3.8, 4) is 17.0 Å². The lowest BCUT2D eigenvalue weighted by Crippen LogP contribution is -1.99. The third kappa shape index (κ3) is 4.25. The summed E-state index contributed by atoms with van der Waals surface area (Å²) in [4.78, 5) is 4.61. The van der Waals surface area contributed by atoms with E-state index < -0.39 is 0 Å². The van der Waals surface area contributed by atoms with Crippen molar-refractivity contribution >= 4 is 22.2 Å². The molecule has 5 heteroatoms. The summed E-state index contributed by atoms with van der Waals surface area (Å²) < 4.78 is 5.17. The molecule has 0 unspecified atom stereocenters. The average Bonchev–Trinajstić information content (AvgIpc) is 3.15. The molecule has 0 aliphatic carbocycles. The molecule has 0 aliphatic heterocycles. The largest absolute Gasteiger partial charge is 0.497 e. The highest BCUT2D eigenvalue weighted by molar-refractivity contribution is 7.14. The van der Waals surface area contributed by atoms with Crippen LogP contribution in [0.2, 0.25) is 0 Å². The molecule has 1 heterocycles. The number of nitrogens with zero attached hydrogens (tertiary/aromatic N) is 2. The van der Waals surface area contributed by atoms with Gasteiger partial charge in [-0.15, -0.1) is 11.3 Å². The highest BCUT2D eigenvalue weighted by Crippen LogP contribution is 2.25. The molecule has 0 saturated heterocycles. The van der Waals surface area contributed by atoms with Crippen LogP contribution in [0.25, 0.3) is 11.3 Å². The quantitative estimate of drug-likeness (QED) is 0.489. The van der Waals surface area contributed by atoms with E-state index in [2.05, 4.69) is 46.7 Å². The Kier molecular flexibility index (Phi) is 5.46. The zero-order valence-corrected chi connectivity index (χ0v) is 15.4. The summed E-state index contributed by atoms with van der Waals surface area (Å²) >= 11 is 1.55. The first-order valence-electron chi connectivity index (χ1n) is 8.19. The molecular formula is C20H21N3OS. The number of ether oxygens (including phenoxy) is 1. The number of methoxy groups -OCH3 is 1. The Labute approximate surface area is 152 Å². The van der Waals surface area contributed by atoms with E-state index in [9.17, 15) is 0 Å². The van der Waals surface area contributed by atoms with Gasteiger partial charge in [-0.1, -0.05) is 31.2 Å². The summed E-state index contributed by atoms with van der Waals surface area (Å²) in [5, 5.41) is 7.25. The monoisotopic (exact) mass is 351 g/mol. The summed E-state index contributed by atoms with van der Waals surface area (Å²) in [7, 11) is 1.66. The molecule has 0 aliphatic rings. The lowest BCUT2D eigenvalue weighted by Gasteiger charge is -2.03. The van der Waals surface area contributed by atoms with Crippen molar-refractivity contribution in [3.05, 3.63) is 65.0 Å². The average molecular weight is 351 g/mol. The molecule has 0 atom stereocenters. The second-order valence-corrected chi connectivity index (χ2v) is 6.48. The first-order valence-corrected chi connectivity index (χ1v) is 9.07. The SMILES string of the molecule is CCc1ccc(-c2csc(N/N=C(/C)c3ccc(OC)cc3)n2)cc1. The Morgan fingerprint density at radius 1 is 1.12 bits per heavy atom. The number of aryl methyl sites for hydroxylation is 1. The van der Waals surface area contributed by atoms with Crippen molar-refractivity contribution in [1.29, 1.82) is 0 Å². The third-order valence-corrected chi connectivity index (χ3v) is 4.74. The first-order chi connectivity index (χ1) is 12.2. The van der Waals surface area contributed by atoms with E-state index in [-0.39, 0.29) is 0 Å². The highest BCUT2D eigenvalue weighted by Gasteiger charge is 2.05. The maximum absolute atomic E-state index is 5.17. The predicted molar refractivity (Wildman–Crippen MR) is 106 cm³/mol. The van der Waals surface area contributed by atoms with Crippen LogP contribution in [0.5, 0.6) is 5.75 Å². The van der Waals surface area contributed by atoms with Gasteiger partial charge in [-0.2, -0.15) is 5.10 Å². The minimum atomic E-state index is 0.780. The molecule has 25 heavy (non-hydrogen) atoms. The van der Waals surface area contributed by atoms with Gasteiger partial charge in [0.1, 0.15) is 5.75 Å². The van der Waals surface area contributed by atoms with Crippen LogP contribution >= 0.6 is 11.3 Å². The molecule has 3 aromatic rings. The van der Waals surface area contributed by atoms with Crippen molar-refractivity contribution in [2.24, 2.45) is 5.10 Å². The summed E-state index contributed by atoms with van der Waals surface area (Å²) in [6.07, 6.45) is 1.05. The lowest BCUT2D eigenvalue weighted by molar-refractivity contribution is 0.415. The van der Waals surface area contributed by atoms with Crippen LogP contribution in [0.3, 0.4) is 0 Å². The second kappa shape index (κ2) is 7.94. The topological polar surface area (TPSA) is 46.5 Å². The van der Waals surface area contributed by atoms with Gasteiger partial charge in [0.2, 0.25) is 5.13 Å². The van der Waals surface area contributed by atoms with E-state index in [4.69, 9.17) is 4.74 Å². The lowest BCUT2D eigenvalue weighted by atomic mass is 10.1. The molecule has 0 saturated carbocycles.